The van der Waals surface area contributed by atoms with E-state index in [4.69, 9.17) is 25.8 Å². The summed E-state index contributed by atoms with van der Waals surface area (Å²) in [5.41, 5.74) is 0. The number of ether oxygens (including phenoxy) is 3. The van der Waals surface area contributed by atoms with E-state index in [0.29, 0.717) is 48.3 Å². The Balaban J connectivity index is 1.52. The molecular formula is C23H29ClN2O6S. The van der Waals surface area contributed by atoms with Crippen LogP contribution in [0.2, 0.25) is 5.02 Å². The topological polar surface area (TPSA) is 85.4 Å². The predicted octanol–water partition coefficient (Wildman–Crippen LogP) is 3.30. The summed E-state index contributed by atoms with van der Waals surface area (Å²) < 4.78 is 43.6. The molecule has 0 unspecified atom stereocenters. The van der Waals surface area contributed by atoms with Gasteiger partial charge < -0.3 is 19.1 Å². The van der Waals surface area contributed by atoms with Crippen molar-refractivity contribution in [1.29, 1.82) is 0 Å². The first-order valence-electron chi connectivity index (χ1n) is 10.6. The van der Waals surface area contributed by atoms with Crippen molar-refractivity contribution in [3.63, 3.8) is 0 Å². The molecule has 0 N–H and O–H groups in total. The highest BCUT2D eigenvalue weighted by Crippen LogP contribution is 2.32. The number of hydrogen-bond acceptors (Lipinski definition) is 6. The molecule has 1 amide bonds. The maximum absolute atomic E-state index is 13.1. The number of rotatable bonds is 9. The average Bonchev–Trinajstić information content (AvgIpc) is 2.84. The summed E-state index contributed by atoms with van der Waals surface area (Å²) in [6.07, 6.45) is 0.932. The van der Waals surface area contributed by atoms with Crippen LogP contribution < -0.4 is 14.2 Å². The van der Waals surface area contributed by atoms with Gasteiger partial charge in [-0.05, 0) is 49.2 Å². The molecular weight excluding hydrogens is 468 g/mol. The van der Waals surface area contributed by atoms with Crippen LogP contribution in [-0.2, 0) is 14.8 Å². The van der Waals surface area contributed by atoms with Crippen LogP contribution in [0.25, 0.3) is 0 Å². The Morgan fingerprint density at radius 1 is 1.06 bits per heavy atom. The smallest absolute Gasteiger partial charge is 0.243 e. The van der Waals surface area contributed by atoms with Crippen molar-refractivity contribution < 1.29 is 27.4 Å². The first-order chi connectivity index (χ1) is 15.8. The van der Waals surface area contributed by atoms with E-state index in [2.05, 4.69) is 0 Å². The van der Waals surface area contributed by atoms with Gasteiger partial charge in [0.05, 0.1) is 25.7 Å². The van der Waals surface area contributed by atoms with Gasteiger partial charge in [-0.1, -0.05) is 11.6 Å². The molecule has 8 nitrogen and oxygen atoms in total. The second-order valence-corrected chi connectivity index (χ2v) is 10.1. The van der Waals surface area contributed by atoms with E-state index in [1.54, 1.807) is 42.3 Å². The van der Waals surface area contributed by atoms with Gasteiger partial charge in [0.1, 0.15) is 12.4 Å². The highest BCUT2D eigenvalue weighted by molar-refractivity contribution is 7.89. The number of halogens is 1. The molecule has 0 spiro atoms. The molecule has 1 heterocycles. The zero-order valence-corrected chi connectivity index (χ0v) is 20.6. The number of nitrogens with zero attached hydrogens (tertiary/aromatic N) is 2. The van der Waals surface area contributed by atoms with Crippen LogP contribution in [0.3, 0.4) is 0 Å². The lowest BCUT2D eigenvalue weighted by atomic mass is 9.97. The van der Waals surface area contributed by atoms with Crippen LogP contribution in [0.5, 0.6) is 17.2 Å². The summed E-state index contributed by atoms with van der Waals surface area (Å²) in [5, 5.41) is 0.633. The lowest BCUT2D eigenvalue weighted by Crippen LogP contribution is -2.44. The molecule has 180 valence electrons. The summed E-state index contributed by atoms with van der Waals surface area (Å²) in [4.78, 5) is 14.6. The highest BCUT2D eigenvalue weighted by atomic mass is 35.5. The molecule has 2 aromatic carbocycles. The maximum Gasteiger partial charge on any atom is 0.243 e. The van der Waals surface area contributed by atoms with E-state index in [1.165, 1.54) is 30.7 Å². The van der Waals surface area contributed by atoms with Gasteiger partial charge in [0.15, 0.2) is 11.5 Å². The van der Waals surface area contributed by atoms with Crippen molar-refractivity contribution in [2.45, 2.75) is 17.7 Å². The number of likely N-dealkylation sites (N-methyl/N-ethyl adjacent to an activating group) is 1. The fourth-order valence-corrected chi connectivity index (χ4v) is 5.33. The number of carbonyl (C=O) groups is 1. The minimum Gasteiger partial charge on any atom is -0.493 e. The third-order valence-electron chi connectivity index (χ3n) is 5.68. The summed E-state index contributed by atoms with van der Waals surface area (Å²) in [6, 6.07) is 11.6. The number of sulfonamides is 1. The number of methoxy groups -OCH3 is 2. The molecule has 2 aromatic rings. The molecule has 10 heteroatoms. The number of carbonyl (C=O) groups excluding carboxylic acids is 1. The summed E-state index contributed by atoms with van der Waals surface area (Å²) in [6.45, 7) is 1.35. The van der Waals surface area contributed by atoms with Gasteiger partial charge in [0.25, 0.3) is 0 Å². The number of hydrogen-bond donors (Lipinski definition) is 0. The van der Waals surface area contributed by atoms with Crippen LogP contribution in [0.4, 0.5) is 0 Å². The molecule has 1 fully saturated rings. The van der Waals surface area contributed by atoms with Crippen molar-refractivity contribution in [2.75, 3.05) is 47.5 Å². The Morgan fingerprint density at radius 3 is 2.30 bits per heavy atom. The Hall–Kier alpha value is -2.49. The van der Waals surface area contributed by atoms with Gasteiger partial charge in [-0.3, -0.25) is 4.79 Å². The van der Waals surface area contributed by atoms with Gasteiger partial charge in [0.2, 0.25) is 15.9 Å². The van der Waals surface area contributed by atoms with Gasteiger partial charge in [-0.15, -0.1) is 0 Å². The first kappa shape index (κ1) is 25.1. The second kappa shape index (κ2) is 11.1. The lowest BCUT2D eigenvalue weighted by molar-refractivity contribution is -0.135. The Bertz CT molecular complexity index is 1050. The van der Waals surface area contributed by atoms with Gasteiger partial charge >= 0.3 is 0 Å². The number of amides is 1. The fourth-order valence-electron chi connectivity index (χ4n) is 3.72. The van der Waals surface area contributed by atoms with E-state index >= 15 is 0 Å². The van der Waals surface area contributed by atoms with Crippen LogP contribution in [0, 0.1) is 5.92 Å². The Labute approximate surface area is 200 Å². The molecule has 0 aliphatic carbocycles. The van der Waals surface area contributed by atoms with E-state index < -0.39 is 10.0 Å². The first-order valence-corrected chi connectivity index (χ1v) is 12.4. The molecule has 0 saturated carbocycles. The third-order valence-corrected chi connectivity index (χ3v) is 7.83. The molecule has 0 bridgehead atoms. The van der Waals surface area contributed by atoms with Crippen LogP contribution >= 0.6 is 11.6 Å². The molecule has 0 atom stereocenters. The largest absolute Gasteiger partial charge is 0.493 e. The maximum atomic E-state index is 13.1. The molecule has 1 aliphatic heterocycles. The molecule has 3 rings (SSSR count). The van der Waals surface area contributed by atoms with E-state index in [1.807, 2.05) is 0 Å². The van der Waals surface area contributed by atoms with Crippen LogP contribution in [0.15, 0.2) is 47.4 Å². The van der Waals surface area contributed by atoms with Crippen LogP contribution in [-0.4, -0.2) is 71.0 Å². The van der Waals surface area contributed by atoms with E-state index in [0.717, 1.165) is 0 Å². The SMILES string of the molecule is COc1ccc(S(=O)(=O)N2CCC(C(=O)N(C)CCOc3ccc(Cl)cc3)CC2)cc1OC. The van der Waals surface area contributed by atoms with Crippen molar-refractivity contribution in [3.05, 3.63) is 47.5 Å². The molecule has 0 radical (unpaired) electrons. The van der Waals surface area contributed by atoms with Crippen molar-refractivity contribution in [1.82, 2.24) is 9.21 Å². The number of piperidine rings is 1. The minimum atomic E-state index is -3.69. The highest BCUT2D eigenvalue weighted by Gasteiger charge is 2.33. The van der Waals surface area contributed by atoms with Crippen LogP contribution in [0.1, 0.15) is 12.8 Å². The predicted molar refractivity (Wildman–Crippen MR) is 126 cm³/mol. The van der Waals surface area contributed by atoms with Crippen molar-refractivity contribution in [2.24, 2.45) is 5.92 Å². The van der Waals surface area contributed by atoms with E-state index in [-0.39, 0.29) is 29.8 Å². The standard InChI is InChI=1S/C23H29ClN2O6S/c1-25(14-15-32-19-6-4-18(24)5-7-19)23(27)17-10-12-26(13-11-17)33(28,29)20-8-9-21(30-2)22(16-20)31-3/h4-9,16-17H,10-15H2,1-3H3. The van der Waals surface area contributed by atoms with Gasteiger partial charge in [0, 0.05) is 37.1 Å². The zero-order valence-electron chi connectivity index (χ0n) is 19.0. The van der Waals surface area contributed by atoms with Gasteiger partial charge in [-0.2, -0.15) is 4.31 Å². The molecule has 33 heavy (non-hydrogen) atoms. The number of benzene rings is 2. The molecule has 0 aromatic heterocycles. The van der Waals surface area contributed by atoms with Gasteiger partial charge in [-0.25, -0.2) is 8.42 Å². The van der Waals surface area contributed by atoms with Crippen molar-refractivity contribution in [3.8, 4) is 17.2 Å². The minimum absolute atomic E-state index is 0.00197. The second-order valence-electron chi connectivity index (χ2n) is 7.76. The summed E-state index contributed by atoms with van der Waals surface area (Å²) in [5.74, 6) is 1.28. The zero-order chi connectivity index (χ0) is 24.0. The quantitative estimate of drug-likeness (QED) is 0.529. The Morgan fingerprint density at radius 2 is 1.70 bits per heavy atom. The average molecular weight is 497 g/mol. The summed E-state index contributed by atoms with van der Waals surface area (Å²) in [7, 11) is 0.998. The van der Waals surface area contributed by atoms with E-state index in [9.17, 15) is 13.2 Å². The fraction of sp³-hybridized carbons (Fsp3) is 0.435. The molecule has 1 aliphatic rings. The normalized spacial score (nSPS) is 15.2. The lowest BCUT2D eigenvalue weighted by Gasteiger charge is -2.32. The summed E-state index contributed by atoms with van der Waals surface area (Å²) >= 11 is 5.86. The Kier molecular flexibility index (Phi) is 8.45. The monoisotopic (exact) mass is 496 g/mol. The third kappa shape index (κ3) is 6.10. The molecule has 1 saturated heterocycles. The van der Waals surface area contributed by atoms with Crippen molar-refractivity contribution >= 4 is 27.5 Å².